The summed E-state index contributed by atoms with van der Waals surface area (Å²) in [6.45, 7) is 1.29. The maximum Gasteiger partial charge on any atom is 0.315 e. The summed E-state index contributed by atoms with van der Waals surface area (Å²) < 4.78 is 45.1. The second kappa shape index (κ2) is 7.88. The van der Waals surface area contributed by atoms with Gasteiger partial charge >= 0.3 is 5.97 Å². The highest BCUT2D eigenvalue weighted by atomic mass is 32.2. The minimum Gasteiger partial charge on any atom is -0.457 e. The zero-order valence-electron chi connectivity index (χ0n) is 15.9. The molecule has 160 valence electrons. The SMILES string of the molecule is Cc1ccc(S(=O)(=O)OC[C@@H]2OC(=O)[C@H]([C@@H](O)c3ccc4c(c3)OCO4)[C@H]2O)cc1. The van der Waals surface area contributed by atoms with Gasteiger partial charge in [-0.1, -0.05) is 23.8 Å². The number of hydrogen-bond acceptors (Lipinski definition) is 9. The number of aliphatic hydroxyl groups excluding tert-OH is 2. The fourth-order valence-electron chi connectivity index (χ4n) is 3.35. The Labute approximate surface area is 172 Å². The van der Waals surface area contributed by atoms with Crippen molar-refractivity contribution in [3.05, 3.63) is 53.6 Å². The summed E-state index contributed by atoms with van der Waals surface area (Å²) in [7, 11) is -4.10. The average Bonchev–Trinajstić information content (AvgIpc) is 3.29. The fraction of sp³-hybridized carbons (Fsp3) is 0.350. The number of aryl methyl sites for hydroxylation is 1. The molecule has 10 heteroatoms. The minimum atomic E-state index is -4.10. The standard InChI is InChI=1S/C20H20O9S/c1-11-2-5-13(6-3-11)30(24,25)28-9-16-19(22)17(20(23)29-16)18(21)12-4-7-14-15(8-12)27-10-26-14/h2-8,16-19,21-22H,9-10H2,1H3/t16-,17+,18-,19-/m0/s1. The van der Waals surface area contributed by atoms with Gasteiger partial charge in [-0.15, -0.1) is 0 Å². The van der Waals surface area contributed by atoms with Gasteiger partial charge in [0.05, 0.1) is 11.0 Å². The van der Waals surface area contributed by atoms with Crippen molar-refractivity contribution in [1.82, 2.24) is 0 Å². The molecule has 2 aromatic rings. The normalized spacial score (nSPS) is 24.0. The summed E-state index contributed by atoms with van der Waals surface area (Å²) in [5.41, 5.74) is 1.21. The monoisotopic (exact) mass is 436 g/mol. The Bertz CT molecular complexity index is 1050. The van der Waals surface area contributed by atoms with Crippen molar-refractivity contribution in [1.29, 1.82) is 0 Å². The fourth-order valence-corrected chi connectivity index (χ4v) is 4.27. The van der Waals surface area contributed by atoms with Gasteiger partial charge < -0.3 is 24.4 Å². The van der Waals surface area contributed by atoms with Crippen LogP contribution in [-0.2, 0) is 23.8 Å². The van der Waals surface area contributed by atoms with Crippen LogP contribution < -0.4 is 9.47 Å². The van der Waals surface area contributed by atoms with E-state index in [2.05, 4.69) is 0 Å². The summed E-state index contributed by atoms with van der Waals surface area (Å²) in [6, 6.07) is 10.7. The molecule has 2 N–H and O–H groups in total. The molecule has 2 aliphatic heterocycles. The number of aliphatic hydroxyl groups is 2. The van der Waals surface area contributed by atoms with Gasteiger partial charge in [-0.3, -0.25) is 8.98 Å². The Balaban J connectivity index is 1.44. The third-order valence-corrected chi connectivity index (χ3v) is 6.36. The molecule has 2 aliphatic rings. The van der Waals surface area contributed by atoms with E-state index in [-0.39, 0.29) is 11.7 Å². The van der Waals surface area contributed by atoms with Gasteiger partial charge in [0.15, 0.2) is 17.6 Å². The topological polar surface area (TPSA) is 129 Å². The molecule has 4 atom stereocenters. The molecule has 0 aliphatic carbocycles. The molecule has 9 nitrogen and oxygen atoms in total. The molecular formula is C20H20O9S. The van der Waals surface area contributed by atoms with E-state index in [1.54, 1.807) is 24.3 Å². The second-order valence-electron chi connectivity index (χ2n) is 7.10. The number of ether oxygens (including phenoxy) is 3. The summed E-state index contributed by atoms with van der Waals surface area (Å²) in [5.74, 6) is -1.24. The summed E-state index contributed by atoms with van der Waals surface area (Å²) >= 11 is 0. The molecule has 1 fully saturated rings. The van der Waals surface area contributed by atoms with Crippen LogP contribution in [0.3, 0.4) is 0 Å². The summed E-state index contributed by atoms with van der Waals surface area (Å²) in [6.07, 6.45) is -4.10. The Morgan fingerprint density at radius 3 is 2.57 bits per heavy atom. The highest BCUT2D eigenvalue weighted by Gasteiger charge is 2.48. The van der Waals surface area contributed by atoms with E-state index < -0.39 is 46.9 Å². The maximum atomic E-state index is 12.3. The van der Waals surface area contributed by atoms with Crippen LogP contribution in [0.2, 0.25) is 0 Å². The van der Waals surface area contributed by atoms with E-state index in [1.165, 1.54) is 18.2 Å². The average molecular weight is 436 g/mol. The molecule has 0 radical (unpaired) electrons. The van der Waals surface area contributed by atoms with E-state index in [9.17, 15) is 23.4 Å². The lowest BCUT2D eigenvalue weighted by molar-refractivity contribution is -0.147. The molecule has 0 spiro atoms. The highest BCUT2D eigenvalue weighted by Crippen LogP contribution is 2.39. The second-order valence-corrected chi connectivity index (χ2v) is 8.72. The van der Waals surface area contributed by atoms with Gasteiger partial charge in [-0.25, -0.2) is 0 Å². The Morgan fingerprint density at radius 1 is 1.13 bits per heavy atom. The molecule has 2 aromatic carbocycles. The molecule has 1 saturated heterocycles. The molecule has 0 aromatic heterocycles. The largest absolute Gasteiger partial charge is 0.457 e. The van der Waals surface area contributed by atoms with Gasteiger partial charge in [-0.05, 0) is 36.8 Å². The predicted molar refractivity (Wildman–Crippen MR) is 101 cm³/mol. The number of fused-ring (bicyclic) bond motifs is 1. The Morgan fingerprint density at radius 2 is 1.83 bits per heavy atom. The number of benzene rings is 2. The Hall–Kier alpha value is -2.66. The first-order valence-electron chi connectivity index (χ1n) is 9.18. The van der Waals surface area contributed by atoms with Crippen molar-refractivity contribution in [2.24, 2.45) is 5.92 Å². The summed E-state index contributed by atoms with van der Waals surface area (Å²) in [4.78, 5) is 12.2. The Kier molecular flexibility index (Phi) is 5.41. The van der Waals surface area contributed by atoms with Crippen LogP contribution in [0, 0.1) is 12.8 Å². The summed E-state index contributed by atoms with van der Waals surface area (Å²) in [5, 5.41) is 21.1. The lowest BCUT2D eigenvalue weighted by atomic mass is 9.90. The first-order valence-corrected chi connectivity index (χ1v) is 10.6. The predicted octanol–water partition coefficient (Wildman–Crippen LogP) is 1.07. The number of cyclic esters (lactones) is 1. The van der Waals surface area contributed by atoms with Crippen LogP contribution in [0.1, 0.15) is 17.2 Å². The van der Waals surface area contributed by atoms with Gasteiger partial charge in [-0.2, -0.15) is 8.42 Å². The number of hydrogen-bond donors (Lipinski definition) is 2. The number of rotatable bonds is 6. The molecule has 30 heavy (non-hydrogen) atoms. The van der Waals surface area contributed by atoms with Gasteiger partial charge in [0, 0.05) is 0 Å². The molecule has 0 amide bonds. The van der Waals surface area contributed by atoms with Crippen molar-refractivity contribution in [3.8, 4) is 11.5 Å². The van der Waals surface area contributed by atoms with Gasteiger partial charge in [0.2, 0.25) is 6.79 Å². The lowest BCUT2D eigenvalue weighted by Gasteiger charge is -2.20. The maximum absolute atomic E-state index is 12.3. The molecule has 0 bridgehead atoms. The zero-order chi connectivity index (χ0) is 21.5. The quantitative estimate of drug-likeness (QED) is 0.504. The van der Waals surface area contributed by atoms with Crippen molar-refractivity contribution in [2.45, 2.75) is 30.1 Å². The van der Waals surface area contributed by atoms with Crippen molar-refractivity contribution in [2.75, 3.05) is 13.4 Å². The number of carbonyl (C=O) groups is 1. The number of carbonyl (C=O) groups excluding carboxylic acids is 1. The minimum absolute atomic E-state index is 0.0520. The third kappa shape index (κ3) is 3.86. The lowest BCUT2D eigenvalue weighted by Crippen LogP contribution is -2.34. The highest BCUT2D eigenvalue weighted by molar-refractivity contribution is 7.86. The van der Waals surface area contributed by atoms with Crippen molar-refractivity contribution >= 4 is 16.1 Å². The van der Waals surface area contributed by atoms with Crippen LogP contribution in [0.25, 0.3) is 0 Å². The molecular weight excluding hydrogens is 416 g/mol. The van der Waals surface area contributed by atoms with Crippen LogP contribution in [0.15, 0.2) is 47.4 Å². The molecule has 4 rings (SSSR count). The van der Waals surface area contributed by atoms with E-state index in [0.717, 1.165) is 5.56 Å². The number of esters is 1. The van der Waals surface area contributed by atoms with Crippen LogP contribution in [0.4, 0.5) is 0 Å². The molecule has 0 saturated carbocycles. The molecule has 2 heterocycles. The van der Waals surface area contributed by atoms with E-state index in [4.69, 9.17) is 18.4 Å². The van der Waals surface area contributed by atoms with Gasteiger partial charge in [0.1, 0.15) is 18.6 Å². The zero-order valence-corrected chi connectivity index (χ0v) is 16.7. The van der Waals surface area contributed by atoms with E-state index in [0.29, 0.717) is 17.1 Å². The first kappa shape index (κ1) is 20.6. The molecule has 0 unspecified atom stereocenters. The first-order chi connectivity index (χ1) is 14.3. The van der Waals surface area contributed by atoms with Crippen molar-refractivity contribution in [3.63, 3.8) is 0 Å². The van der Waals surface area contributed by atoms with Crippen LogP contribution in [0.5, 0.6) is 11.5 Å². The van der Waals surface area contributed by atoms with Crippen LogP contribution in [-0.4, -0.2) is 50.2 Å². The van der Waals surface area contributed by atoms with Crippen LogP contribution >= 0.6 is 0 Å². The van der Waals surface area contributed by atoms with Gasteiger partial charge in [0.25, 0.3) is 10.1 Å². The van der Waals surface area contributed by atoms with E-state index >= 15 is 0 Å². The third-order valence-electron chi connectivity index (χ3n) is 5.06. The smallest absolute Gasteiger partial charge is 0.315 e. The van der Waals surface area contributed by atoms with E-state index in [1.807, 2.05) is 6.92 Å². The van der Waals surface area contributed by atoms with Crippen molar-refractivity contribution < 1.29 is 41.8 Å².